The molecule has 180 valence electrons. The number of nitrogens with zero attached hydrogens (tertiary/aromatic N) is 2. The number of halogens is 2. The van der Waals surface area contributed by atoms with Gasteiger partial charge in [0.05, 0.1) is 11.4 Å². The molecule has 0 aliphatic carbocycles. The summed E-state index contributed by atoms with van der Waals surface area (Å²) in [5.41, 5.74) is 2.83. The molecule has 1 aliphatic rings. The lowest BCUT2D eigenvalue weighted by Crippen LogP contribution is -2.51. The zero-order chi connectivity index (χ0) is 24.9. The van der Waals surface area contributed by atoms with Crippen LogP contribution in [0.1, 0.15) is 30.0 Å². The summed E-state index contributed by atoms with van der Waals surface area (Å²) in [6.07, 6.45) is 0.101. The number of amides is 3. The molecule has 0 fully saturated rings. The molecular weight excluding hydrogens is 511 g/mol. The van der Waals surface area contributed by atoms with Crippen LogP contribution in [0.3, 0.4) is 0 Å². The van der Waals surface area contributed by atoms with Crippen LogP contribution in [0.4, 0.5) is 14.9 Å². The molecule has 2 N–H and O–H groups in total. The molecule has 8 heteroatoms. The van der Waals surface area contributed by atoms with E-state index in [2.05, 4.69) is 31.6 Å². The van der Waals surface area contributed by atoms with Crippen molar-refractivity contribution in [1.29, 1.82) is 0 Å². The van der Waals surface area contributed by atoms with Crippen molar-refractivity contribution in [3.63, 3.8) is 0 Å². The summed E-state index contributed by atoms with van der Waals surface area (Å²) in [5.74, 6) is -0.876. The van der Waals surface area contributed by atoms with E-state index in [1.54, 1.807) is 43.4 Å². The summed E-state index contributed by atoms with van der Waals surface area (Å²) in [6, 6.07) is 20.6. The Kier molecular flexibility index (Phi) is 7.60. The van der Waals surface area contributed by atoms with Crippen LogP contribution < -0.4 is 15.5 Å². The van der Waals surface area contributed by atoms with E-state index < -0.39 is 23.9 Å². The van der Waals surface area contributed by atoms with Crippen LogP contribution in [0.5, 0.6) is 0 Å². The molecule has 0 saturated heterocycles. The molecule has 3 aromatic rings. The first-order valence-electron chi connectivity index (χ1n) is 11.4. The summed E-state index contributed by atoms with van der Waals surface area (Å²) in [6.45, 7) is 1.98. The lowest BCUT2D eigenvalue weighted by atomic mass is 10.00. The van der Waals surface area contributed by atoms with E-state index in [9.17, 15) is 14.0 Å². The lowest BCUT2D eigenvalue weighted by Gasteiger charge is -2.23. The van der Waals surface area contributed by atoms with Gasteiger partial charge in [0.25, 0.3) is 5.91 Å². The van der Waals surface area contributed by atoms with Gasteiger partial charge in [0, 0.05) is 28.7 Å². The molecule has 4 rings (SSSR count). The van der Waals surface area contributed by atoms with Gasteiger partial charge in [-0.15, -0.1) is 0 Å². The van der Waals surface area contributed by atoms with E-state index in [-0.39, 0.29) is 11.6 Å². The van der Waals surface area contributed by atoms with Gasteiger partial charge in [0.2, 0.25) is 6.17 Å². The molecule has 2 unspecified atom stereocenters. The number of para-hydroxylation sites is 1. The van der Waals surface area contributed by atoms with E-state index in [1.807, 2.05) is 37.3 Å². The number of benzene rings is 3. The summed E-state index contributed by atoms with van der Waals surface area (Å²) in [5, 5.41) is 5.64. The molecule has 3 aromatic carbocycles. The van der Waals surface area contributed by atoms with Gasteiger partial charge in [-0.25, -0.2) is 14.2 Å². The smallest absolute Gasteiger partial charge is 0.317 e. The minimum absolute atomic E-state index is 0.153. The Bertz CT molecular complexity index is 1280. The molecule has 0 spiro atoms. The summed E-state index contributed by atoms with van der Waals surface area (Å²) in [7, 11) is 1.62. The molecule has 6 nitrogen and oxygen atoms in total. The molecule has 3 amide bonds. The zero-order valence-corrected chi connectivity index (χ0v) is 21.0. The molecule has 0 saturated carbocycles. The predicted octanol–water partition coefficient (Wildman–Crippen LogP) is 5.05. The number of nitrogens with one attached hydrogen (secondary N) is 2. The number of anilines is 1. The van der Waals surface area contributed by atoms with Gasteiger partial charge in [0.1, 0.15) is 5.82 Å². The number of hydrogen-bond acceptors (Lipinski definition) is 3. The Morgan fingerprint density at radius 1 is 1.06 bits per heavy atom. The highest BCUT2D eigenvalue weighted by atomic mass is 79.9. The quantitative estimate of drug-likeness (QED) is 0.462. The second-order valence-electron chi connectivity index (χ2n) is 8.29. The standard InChI is InChI=1S/C27H26BrFN4O2/c1-3-18(16-17-10-4-7-13-21(17)28)30-27(35)32-25-26(34)33(2)23-15-9-6-12-20(23)24(31-25)19-11-5-8-14-22(19)29/h4-15,18,25H,3,16H2,1-2H3,(H2,30,32,35). The van der Waals surface area contributed by atoms with Crippen LogP contribution in [-0.2, 0) is 11.2 Å². The van der Waals surface area contributed by atoms with Crippen molar-refractivity contribution in [2.24, 2.45) is 4.99 Å². The van der Waals surface area contributed by atoms with E-state index in [4.69, 9.17) is 0 Å². The normalized spacial score (nSPS) is 16.1. The highest BCUT2D eigenvalue weighted by Crippen LogP contribution is 2.28. The first-order chi connectivity index (χ1) is 16.9. The summed E-state index contributed by atoms with van der Waals surface area (Å²) < 4.78 is 15.7. The van der Waals surface area contributed by atoms with Gasteiger partial charge < -0.3 is 15.5 Å². The van der Waals surface area contributed by atoms with Gasteiger partial charge in [0.15, 0.2) is 0 Å². The average molecular weight is 537 g/mol. The van der Waals surface area contributed by atoms with Crippen LogP contribution in [0.25, 0.3) is 0 Å². The number of rotatable bonds is 6. The third-order valence-electron chi connectivity index (χ3n) is 5.99. The van der Waals surface area contributed by atoms with E-state index >= 15 is 0 Å². The van der Waals surface area contributed by atoms with Crippen molar-refractivity contribution in [3.8, 4) is 0 Å². The van der Waals surface area contributed by atoms with Crippen molar-refractivity contribution >= 4 is 39.3 Å². The highest BCUT2D eigenvalue weighted by Gasteiger charge is 2.32. The Balaban J connectivity index is 1.61. The molecule has 0 aromatic heterocycles. The van der Waals surface area contributed by atoms with Gasteiger partial charge >= 0.3 is 6.03 Å². The maximum absolute atomic E-state index is 14.8. The van der Waals surface area contributed by atoms with Crippen molar-refractivity contribution < 1.29 is 14.0 Å². The van der Waals surface area contributed by atoms with E-state index in [0.29, 0.717) is 29.8 Å². The van der Waals surface area contributed by atoms with Crippen molar-refractivity contribution in [1.82, 2.24) is 10.6 Å². The molecule has 0 bridgehead atoms. The molecular formula is C27H26BrFN4O2. The van der Waals surface area contributed by atoms with Crippen molar-refractivity contribution in [2.45, 2.75) is 32.0 Å². The van der Waals surface area contributed by atoms with E-state index in [0.717, 1.165) is 10.0 Å². The second kappa shape index (κ2) is 10.8. The number of carbonyl (C=O) groups excluding carboxylic acids is 2. The maximum Gasteiger partial charge on any atom is 0.317 e. The van der Waals surface area contributed by atoms with Crippen LogP contribution in [-0.4, -0.2) is 36.9 Å². The van der Waals surface area contributed by atoms with Crippen LogP contribution in [0, 0.1) is 5.82 Å². The van der Waals surface area contributed by atoms with Gasteiger partial charge in [-0.3, -0.25) is 4.79 Å². The monoisotopic (exact) mass is 536 g/mol. The van der Waals surface area contributed by atoms with Gasteiger partial charge in [-0.2, -0.15) is 0 Å². The predicted molar refractivity (Wildman–Crippen MR) is 139 cm³/mol. The van der Waals surface area contributed by atoms with Crippen LogP contribution in [0.15, 0.2) is 82.3 Å². The van der Waals surface area contributed by atoms with Crippen LogP contribution in [0.2, 0.25) is 0 Å². The molecule has 2 atom stereocenters. The minimum Gasteiger partial charge on any atom is -0.335 e. The Morgan fingerprint density at radius 2 is 1.71 bits per heavy atom. The van der Waals surface area contributed by atoms with Crippen molar-refractivity contribution in [2.75, 3.05) is 11.9 Å². The molecule has 1 heterocycles. The second-order valence-corrected chi connectivity index (χ2v) is 9.15. The lowest BCUT2D eigenvalue weighted by molar-refractivity contribution is -0.119. The number of benzodiazepines with no additional fused rings is 1. The Hall–Kier alpha value is -3.52. The largest absolute Gasteiger partial charge is 0.335 e. The highest BCUT2D eigenvalue weighted by molar-refractivity contribution is 9.10. The number of urea groups is 1. The Morgan fingerprint density at radius 3 is 2.43 bits per heavy atom. The third-order valence-corrected chi connectivity index (χ3v) is 6.77. The summed E-state index contributed by atoms with van der Waals surface area (Å²) >= 11 is 3.54. The SMILES string of the molecule is CCC(Cc1ccccc1Br)NC(=O)NC1N=C(c2ccccc2F)c2ccccc2N(C)C1=O. The van der Waals surface area contributed by atoms with Gasteiger partial charge in [-0.1, -0.05) is 71.4 Å². The Labute approximate surface area is 212 Å². The van der Waals surface area contributed by atoms with Crippen molar-refractivity contribution in [3.05, 3.63) is 99.8 Å². The molecule has 35 heavy (non-hydrogen) atoms. The number of fused-ring (bicyclic) bond motifs is 1. The van der Waals surface area contributed by atoms with E-state index in [1.165, 1.54) is 11.0 Å². The molecule has 0 radical (unpaired) electrons. The first kappa shape index (κ1) is 24.6. The molecule has 1 aliphatic heterocycles. The zero-order valence-electron chi connectivity index (χ0n) is 19.5. The van der Waals surface area contributed by atoms with Crippen LogP contribution >= 0.6 is 15.9 Å². The number of carbonyl (C=O) groups is 2. The first-order valence-corrected chi connectivity index (χ1v) is 12.2. The maximum atomic E-state index is 14.8. The number of aliphatic imine (C=N–C) groups is 1. The average Bonchev–Trinajstić information content (AvgIpc) is 2.96. The minimum atomic E-state index is -1.22. The fourth-order valence-corrected chi connectivity index (χ4v) is 4.51. The number of hydrogen-bond donors (Lipinski definition) is 2. The number of likely N-dealkylation sites (N-methyl/N-ethyl adjacent to an activating group) is 1. The summed E-state index contributed by atoms with van der Waals surface area (Å²) in [4.78, 5) is 32.2. The fraction of sp³-hybridized carbons (Fsp3) is 0.222. The topological polar surface area (TPSA) is 73.8 Å². The third kappa shape index (κ3) is 5.43. The fourth-order valence-electron chi connectivity index (χ4n) is 4.06. The van der Waals surface area contributed by atoms with Gasteiger partial charge in [-0.05, 0) is 42.7 Å².